The van der Waals surface area contributed by atoms with Gasteiger partial charge >= 0.3 is 0 Å². The zero-order chi connectivity index (χ0) is 16.0. The van der Waals surface area contributed by atoms with Gasteiger partial charge in [-0.25, -0.2) is 0 Å². The molecule has 0 unspecified atom stereocenters. The fourth-order valence-electron chi connectivity index (χ4n) is 3.80. The zero-order valence-electron chi connectivity index (χ0n) is 15.6. The fraction of sp³-hybridized carbons (Fsp3) is 1.00. The summed E-state index contributed by atoms with van der Waals surface area (Å²) in [5, 5.41) is 0. The van der Waals surface area contributed by atoms with Gasteiger partial charge in [-0.05, 0) is 31.7 Å². The molecule has 0 aromatic heterocycles. The van der Waals surface area contributed by atoms with Gasteiger partial charge in [0.1, 0.15) is 13.3 Å². The highest BCUT2D eigenvalue weighted by atomic mass is 16.5. The smallest absolute Gasteiger partial charge is 0.124 e. The van der Waals surface area contributed by atoms with Crippen LogP contribution in [-0.2, 0) is 4.74 Å². The monoisotopic (exact) mass is 273 g/mol. The Morgan fingerprint density at radius 2 is 1.48 bits per heavy atom. The second-order valence-electron chi connectivity index (χ2n) is 8.01. The number of hydrogen-bond donors (Lipinski definition) is 0. The first kappa shape index (κ1) is 19.7. The molecule has 0 aromatic carbocycles. The van der Waals surface area contributed by atoms with E-state index in [9.17, 15) is 0 Å². The predicted molar refractivity (Wildman–Crippen MR) is 123 cm³/mol. The summed E-state index contributed by atoms with van der Waals surface area (Å²) < 4.78 is 8.28. The Labute approximate surface area is 141 Å². The molecule has 0 atom stereocenters. The predicted octanol–water partition coefficient (Wildman–Crippen LogP) is -7.28. The van der Waals surface area contributed by atoms with Crippen LogP contribution in [0.25, 0.3) is 0 Å². The Balaban J connectivity index is 2.67. The average Bonchev–Trinajstić information content (AvgIpc) is 2.42. The van der Waals surface area contributed by atoms with Crippen LogP contribution < -0.4 is 0 Å². The largest absolute Gasteiger partial charge is 0.410 e. The van der Waals surface area contributed by atoms with Gasteiger partial charge in [-0.1, -0.05) is 0 Å². The molecule has 1 aliphatic heterocycles. The van der Waals surface area contributed by atoms with Crippen LogP contribution in [0.2, 0.25) is 0 Å². The van der Waals surface area contributed by atoms with E-state index in [4.69, 9.17) is 4.74 Å². The molecule has 1 saturated heterocycles. The highest BCUT2D eigenvalue weighted by Gasteiger charge is 2.36. The van der Waals surface area contributed by atoms with Crippen LogP contribution in [0.4, 0.5) is 0 Å². The van der Waals surface area contributed by atoms with E-state index in [1.807, 2.05) is 0 Å². The van der Waals surface area contributed by atoms with Crippen molar-refractivity contribution in [2.45, 2.75) is 19.3 Å². The molecule has 14 heteroatoms. The van der Waals surface area contributed by atoms with E-state index < -0.39 is 0 Å². The third-order valence-corrected chi connectivity index (χ3v) is 5.46. The molecule has 21 heavy (non-hydrogen) atoms. The van der Waals surface area contributed by atoms with E-state index in [-0.39, 0.29) is 0 Å². The van der Waals surface area contributed by atoms with Gasteiger partial charge in [0, 0.05) is 32.4 Å². The summed E-state index contributed by atoms with van der Waals surface area (Å²) in [4.78, 5) is 0. The van der Waals surface area contributed by atoms with Gasteiger partial charge in [-0.15, -0.1) is 0 Å². The first-order valence-electron chi connectivity index (χ1n) is 9.18. The van der Waals surface area contributed by atoms with E-state index in [0.717, 1.165) is 38.3 Å². The van der Waals surface area contributed by atoms with Crippen molar-refractivity contribution in [1.29, 1.82) is 0 Å². The summed E-state index contributed by atoms with van der Waals surface area (Å²) in [6.45, 7) is 4.54. The second kappa shape index (κ2) is 9.75. The normalized spacial score (nSPS) is 15.7. The molecule has 1 rings (SSSR count). The van der Waals surface area contributed by atoms with Crippen molar-refractivity contribution in [3.8, 4) is 0 Å². The second-order valence-corrected chi connectivity index (χ2v) is 8.01. The van der Waals surface area contributed by atoms with E-state index in [1.54, 1.807) is 0 Å². The Bertz CT molecular complexity index is 287. The van der Waals surface area contributed by atoms with Crippen LogP contribution in [0.1, 0.15) is 19.3 Å². The van der Waals surface area contributed by atoms with Gasteiger partial charge in [0.15, 0.2) is 0 Å². The van der Waals surface area contributed by atoms with Crippen LogP contribution in [0.3, 0.4) is 0 Å². The summed E-state index contributed by atoms with van der Waals surface area (Å²) in [6, 6.07) is 0. The summed E-state index contributed by atoms with van der Waals surface area (Å²) in [5.74, 6) is 0.877. The molecule has 0 aromatic rings. The van der Waals surface area contributed by atoms with E-state index in [2.05, 4.69) is 58.9 Å². The van der Waals surface area contributed by atoms with Gasteiger partial charge < -0.3 is 9.46 Å². The maximum Gasteiger partial charge on any atom is 0.124 e. The van der Waals surface area contributed by atoms with Crippen molar-refractivity contribution >= 4 is 86.6 Å². The third kappa shape index (κ3) is 6.37. The molecular weight excluding hydrogens is 244 g/mol. The lowest BCUT2D eigenvalue weighted by molar-refractivity contribution is 0.0634. The highest BCUT2D eigenvalue weighted by molar-refractivity contribution is 7.91. The Morgan fingerprint density at radius 3 is 1.90 bits per heavy atom. The summed E-state index contributed by atoms with van der Waals surface area (Å²) in [6.07, 6.45) is 6.09. The lowest BCUT2D eigenvalue weighted by atomic mass is 8.65. The maximum atomic E-state index is 5.50. The first-order chi connectivity index (χ1) is 9.84. The Hall–Kier alpha value is 0.699. The summed E-state index contributed by atoms with van der Waals surface area (Å²) >= 11 is 0. The van der Waals surface area contributed by atoms with Crippen molar-refractivity contribution in [3.05, 3.63) is 0 Å². The SMILES string of the molecule is BB(B)B(B)B(B(B)B)N(CCC1CCOCC1)B(B)B. The van der Waals surface area contributed by atoms with Gasteiger partial charge in [0.05, 0.1) is 54.2 Å². The molecule has 0 N–H and O–H groups in total. The van der Waals surface area contributed by atoms with Gasteiger partial charge in [0.25, 0.3) is 0 Å². The molecule has 0 saturated carbocycles. The summed E-state index contributed by atoms with van der Waals surface area (Å²) in [5.41, 5.74) is 0. The molecule has 102 valence electrons. The number of rotatable bonds is 8. The molecule has 2 nitrogen and oxygen atoms in total. The zero-order valence-corrected chi connectivity index (χ0v) is 15.6. The number of hydrogen-bond acceptors (Lipinski definition) is 2. The van der Waals surface area contributed by atoms with E-state index in [0.29, 0.717) is 13.3 Å². The lowest BCUT2D eigenvalue weighted by Gasteiger charge is -2.40. The van der Waals surface area contributed by atoms with Crippen LogP contribution in [-0.4, -0.2) is 111 Å². The minimum absolute atomic E-state index is 0.637. The molecule has 0 spiro atoms. The average molecular weight is 271 g/mol. The molecule has 0 aliphatic carbocycles. The quantitative estimate of drug-likeness (QED) is 0.407. The molecule has 1 aliphatic rings. The Kier molecular flexibility index (Phi) is 9.17. The van der Waals surface area contributed by atoms with Crippen LogP contribution in [0, 0.1) is 5.92 Å². The van der Waals surface area contributed by atoms with Crippen molar-refractivity contribution in [1.82, 2.24) is 4.72 Å². The number of nitrogens with zero attached hydrogens (tertiary/aromatic N) is 1. The standard InChI is InChI=1S/C7H27B12NO/c8-15(9)18(14)19(16(10)11)20(17(12)13)4-1-7-2-5-21-6-3-7/h7H,1-6,8-14H2. The highest BCUT2D eigenvalue weighted by Crippen LogP contribution is 2.19. The Morgan fingerprint density at radius 1 is 0.905 bits per heavy atom. The van der Waals surface area contributed by atoms with Crippen LogP contribution >= 0.6 is 0 Å². The van der Waals surface area contributed by atoms with Crippen LogP contribution in [0.15, 0.2) is 0 Å². The molecule has 0 radical (unpaired) electrons. The van der Waals surface area contributed by atoms with Gasteiger partial charge in [-0.3, -0.25) is 0 Å². The maximum absolute atomic E-state index is 5.50. The first-order valence-corrected chi connectivity index (χ1v) is 9.18. The van der Waals surface area contributed by atoms with Crippen molar-refractivity contribution in [3.63, 3.8) is 0 Å². The molecule has 0 bridgehead atoms. The lowest BCUT2D eigenvalue weighted by Crippen LogP contribution is -2.70. The minimum atomic E-state index is 0.637. The molecule has 1 fully saturated rings. The summed E-state index contributed by atoms with van der Waals surface area (Å²) in [7, 11) is 16.7. The fourth-order valence-corrected chi connectivity index (χ4v) is 3.80. The number of ether oxygens (including phenoxy) is 1. The minimum Gasteiger partial charge on any atom is -0.410 e. The van der Waals surface area contributed by atoms with Crippen molar-refractivity contribution in [2.75, 3.05) is 19.8 Å². The van der Waals surface area contributed by atoms with Gasteiger partial charge in [0.2, 0.25) is 0 Å². The topological polar surface area (TPSA) is 12.5 Å². The van der Waals surface area contributed by atoms with E-state index >= 15 is 0 Å². The van der Waals surface area contributed by atoms with Crippen LogP contribution in [0.5, 0.6) is 0 Å². The molecule has 1 heterocycles. The van der Waals surface area contributed by atoms with E-state index in [1.165, 1.54) is 25.8 Å². The molecular formula is C7H27B12NO. The third-order valence-electron chi connectivity index (χ3n) is 5.46. The van der Waals surface area contributed by atoms with Crippen molar-refractivity contribution in [2.24, 2.45) is 5.92 Å². The van der Waals surface area contributed by atoms with Crippen molar-refractivity contribution < 1.29 is 4.74 Å². The van der Waals surface area contributed by atoms with Gasteiger partial charge in [-0.2, -0.15) is 0 Å². The molecule has 0 amide bonds.